The van der Waals surface area contributed by atoms with E-state index in [1.165, 1.54) is 20.8 Å². The predicted octanol–water partition coefficient (Wildman–Crippen LogP) is 4.33. The zero-order chi connectivity index (χ0) is 20.3. The first-order valence-electron chi connectivity index (χ1n) is 7.57. The summed E-state index contributed by atoms with van der Waals surface area (Å²) in [4.78, 5) is 35.2. The lowest BCUT2D eigenvalue weighted by molar-refractivity contribution is -0.385. The maximum atomic E-state index is 12.8. The molecule has 9 heteroatoms. The normalized spacial score (nSPS) is 12.7. The van der Waals surface area contributed by atoms with Crippen molar-refractivity contribution < 1.29 is 32.4 Å². The quantitative estimate of drug-likeness (QED) is 0.141. The molecule has 0 aliphatic heterocycles. The molecule has 0 N–H and O–H groups in total. The smallest absolute Gasteiger partial charge is 0.416 e. The minimum absolute atomic E-state index is 0.128. The van der Waals surface area contributed by atoms with Gasteiger partial charge in [0.25, 0.3) is 5.69 Å². The third kappa shape index (κ3) is 4.90. The van der Waals surface area contributed by atoms with Crippen LogP contribution in [0.4, 0.5) is 18.9 Å². The molecule has 0 bridgehead atoms. The van der Waals surface area contributed by atoms with Crippen molar-refractivity contribution in [2.75, 3.05) is 6.61 Å². The fourth-order valence-corrected chi connectivity index (χ4v) is 1.98. The van der Waals surface area contributed by atoms with Crippen molar-refractivity contribution in [2.45, 2.75) is 33.9 Å². The molecule has 0 saturated heterocycles. The highest BCUT2D eigenvalue weighted by Gasteiger charge is 2.36. The molecule has 0 aromatic heterocycles. The van der Waals surface area contributed by atoms with Crippen LogP contribution in [0.1, 0.15) is 43.6 Å². The van der Waals surface area contributed by atoms with Gasteiger partial charge < -0.3 is 4.74 Å². The van der Waals surface area contributed by atoms with Gasteiger partial charge in [0, 0.05) is 11.5 Å². The molecule has 142 valence electrons. The number of carbonyl (C=O) groups excluding carboxylic acids is 2. The summed E-state index contributed by atoms with van der Waals surface area (Å²) in [7, 11) is 0. The van der Waals surface area contributed by atoms with Crippen LogP contribution in [0.5, 0.6) is 0 Å². The second-order valence-corrected chi connectivity index (χ2v) is 6.38. The van der Waals surface area contributed by atoms with Gasteiger partial charge in [0.2, 0.25) is 5.78 Å². The predicted molar refractivity (Wildman–Crippen MR) is 86.6 cm³/mol. The molecule has 0 heterocycles. The third-order valence-corrected chi connectivity index (χ3v) is 3.30. The van der Waals surface area contributed by atoms with Crippen LogP contribution >= 0.6 is 0 Å². The lowest BCUT2D eigenvalue weighted by atomic mass is 9.83. The molecular weight excluding hydrogens is 355 g/mol. The minimum atomic E-state index is -4.81. The molecule has 0 aliphatic rings. The van der Waals surface area contributed by atoms with Crippen molar-refractivity contribution in [2.24, 2.45) is 5.41 Å². The summed E-state index contributed by atoms with van der Waals surface area (Å²) in [6, 6.07) is 1.52. The first-order valence-corrected chi connectivity index (χ1v) is 7.57. The molecule has 0 atom stereocenters. The van der Waals surface area contributed by atoms with Gasteiger partial charge in [0.1, 0.15) is 11.1 Å². The summed E-state index contributed by atoms with van der Waals surface area (Å²) in [5.41, 5.74) is -4.39. The van der Waals surface area contributed by atoms with Crippen molar-refractivity contribution in [3.8, 4) is 0 Å². The highest BCUT2D eigenvalue weighted by molar-refractivity contribution is 6.28. The van der Waals surface area contributed by atoms with Crippen LogP contribution in [0, 0.1) is 15.5 Å². The van der Waals surface area contributed by atoms with E-state index >= 15 is 0 Å². The zero-order valence-electron chi connectivity index (χ0n) is 14.6. The van der Waals surface area contributed by atoms with Gasteiger partial charge in [-0.15, -0.1) is 0 Å². The highest BCUT2D eigenvalue weighted by atomic mass is 19.4. The number of nitro benzene ring substituents is 1. The number of rotatable bonds is 6. The van der Waals surface area contributed by atoms with Crippen LogP contribution in [0.2, 0.25) is 0 Å². The third-order valence-electron chi connectivity index (χ3n) is 3.30. The Bertz CT molecular complexity index is 761. The number of hydrogen-bond acceptors (Lipinski definition) is 5. The first kappa shape index (κ1) is 21.3. The Balaban J connectivity index is 3.53. The molecule has 1 aromatic rings. The largest absolute Gasteiger partial charge is 0.501 e. The SMILES string of the molecule is CCO/C=C(\C(=O)c1ccc(C(F)(F)F)cc1[N+](=O)[O-])C(=O)C(C)(C)C. The molecule has 0 saturated carbocycles. The van der Waals surface area contributed by atoms with E-state index in [2.05, 4.69) is 0 Å². The maximum absolute atomic E-state index is 12.8. The lowest BCUT2D eigenvalue weighted by Crippen LogP contribution is -2.27. The molecular formula is C17H18F3NO5. The molecule has 0 spiro atoms. The summed E-state index contributed by atoms with van der Waals surface area (Å²) in [6.45, 7) is 6.32. The molecule has 1 rings (SSSR count). The highest BCUT2D eigenvalue weighted by Crippen LogP contribution is 2.34. The van der Waals surface area contributed by atoms with E-state index in [0.29, 0.717) is 12.1 Å². The number of Topliss-reactive ketones (excluding diaryl/α,β-unsaturated/α-hetero) is 2. The van der Waals surface area contributed by atoms with Crippen molar-refractivity contribution in [1.29, 1.82) is 0 Å². The van der Waals surface area contributed by atoms with Gasteiger partial charge in [-0.25, -0.2) is 0 Å². The van der Waals surface area contributed by atoms with Gasteiger partial charge in [-0.2, -0.15) is 13.2 Å². The van der Waals surface area contributed by atoms with Gasteiger partial charge in [0.15, 0.2) is 5.78 Å². The van der Waals surface area contributed by atoms with E-state index in [4.69, 9.17) is 4.74 Å². The Morgan fingerprint density at radius 2 is 1.81 bits per heavy atom. The average molecular weight is 373 g/mol. The average Bonchev–Trinajstić information content (AvgIpc) is 2.52. The maximum Gasteiger partial charge on any atom is 0.416 e. The number of allylic oxidation sites excluding steroid dienone is 1. The van der Waals surface area contributed by atoms with Gasteiger partial charge >= 0.3 is 6.18 Å². The Morgan fingerprint density at radius 3 is 2.23 bits per heavy atom. The lowest BCUT2D eigenvalue weighted by Gasteiger charge is -2.18. The summed E-state index contributed by atoms with van der Waals surface area (Å²) in [6.07, 6.45) is -3.92. The Labute approximate surface area is 147 Å². The molecule has 1 aromatic carbocycles. The van der Waals surface area contributed by atoms with Crippen LogP contribution in [-0.4, -0.2) is 23.1 Å². The van der Waals surface area contributed by atoms with Gasteiger partial charge in [0.05, 0.1) is 23.4 Å². The van der Waals surface area contributed by atoms with E-state index in [1.54, 1.807) is 6.92 Å². The number of alkyl halides is 3. The van der Waals surface area contributed by atoms with Crippen LogP contribution in [0.15, 0.2) is 30.0 Å². The van der Waals surface area contributed by atoms with E-state index < -0.39 is 50.5 Å². The molecule has 0 aliphatic carbocycles. The molecule has 0 radical (unpaired) electrons. The number of ketones is 2. The summed E-state index contributed by atoms with van der Waals surface area (Å²) in [5, 5.41) is 11.2. The van der Waals surface area contributed by atoms with E-state index in [1.807, 2.05) is 0 Å². The topological polar surface area (TPSA) is 86.5 Å². The first-order chi connectivity index (χ1) is 11.8. The Morgan fingerprint density at radius 1 is 1.23 bits per heavy atom. The monoisotopic (exact) mass is 373 g/mol. The van der Waals surface area contributed by atoms with Gasteiger partial charge in [-0.1, -0.05) is 20.8 Å². The van der Waals surface area contributed by atoms with Crippen molar-refractivity contribution in [3.63, 3.8) is 0 Å². The Kier molecular flexibility index (Phi) is 6.29. The number of ether oxygens (including phenoxy) is 1. The van der Waals surface area contributed by atoms with Crippen molar-refractivity contribution in [1.82, 2.24) is 0 Å². The summed E-state index contributed by atoms with van der Waals surface area (Å²) in [5.74, 6) is -1.72. The van der Waals surface area contributed by atoms with Crippen LogP contribution in [0.3, 0.4) is 0 Å². The molecule has 0 amide bonds. The fraction of sp³-hybridized carbons (Fsp3) is 0.412. The number of benzene rings is 1. The second kappa shape index (κ2) is 7.67. The molecule has 6 nitrogen and oxygen atoms in total. The minimum Gasteiger partial charge on any atom is -0.501 e. The van der Waals surface area contributed by atoms with Crippen LogP contribution in [-0.2, 0) is 15.7 Å². The number of nitrogens with zero attached hydrogens (tertiary/aromatic N) is 1. The van der Waals surface area contributed by atoms with Gasteiger partial charge in [-0.05, 0) is 19.1 Å². The zero-order valence-corrected chi connectivity index (χ0v) is 14.6. The van der Waals surface area contributed by atoms with Crippen LogP contribution in [0.25, 0.3) is 0 Å². The Hall–Kier alpha value is -2.71. The summed E-state index contributed by atoms with van der Waals surface area (Å²) >= 11 is 0. The molecule has 0 fully saturated rings. The van der Waals surface area contributed by atoms with E-state index in [0.717, 1.165) is 6.26 Å². The second-order valence-electron chi connectivity index (χ2n) is 6.38. The van der Waals surface area contributed by atoms with Crippen molar-refractivity contribution in [3.05, 3.63) is 51.3 Å². The number of halogens is 3. The van der Waals surface area contributed by atoms with E-state index in [9.17, 15) is 32.9 Å². The van der Waals surface area contributed by atoms with E-state index in [-0.39, 0.29) is 12.7 Å². The number of hydrogen-bond donors (Lipinski definition) is 0. The fourth-order valence-electron chi connectivity index (χ4n) is 1.98. The number of carbonyl (C=O) groups is 2. The number of nitro groups is 1. The molecule has 26 heavy (non-hydrogen) atoms. The van der Waals surface area contributed by atoms with Crippen LogP contribution < -0.4 is 0 Å². The van der Waals surface area contributed by atoms with Gasteiger partial charge in [-0.3, -0.25) is 19.7 Å². The van der Waals surface area contributed by atoms with Crippen molar-refractivity contribution >= 4 is 17.3 Å². The molecule has 0 unspecified atom stereocenters. The summed E-state index contributed by atoms with van der Waals surface area (Å²) < 4.78 is 43.3. The standard InChI is InChI=1S/C17H18F3NO5/c1-5-26-9-12(15(23)16(2,3)4)14(22)11-7-6-10(17(18,19)20)8-13(11)21(24)25/h6-9H,5H2,1-4H3/b12-9+.